The lowest BCUT2D eigenvalue weighted by Crippen LogP contribution is -2.39. The van der Waals surface area contributed by atoms with E-state index in [0.717, 1.165) is 44.8 Å². The Morgan fingerprint density at radius 2 is 1.88 bits per heavy atom. The van der Waals surface area contributed by atoms with Crippen molar-refractivity contribution in [1.82, 2.24) is 10.2 Å². The molecular weight excluding hydrogens is 200 g/mol. The van der Waals surface area contributed by atoms with Crippen molar-refractivity contribution in [2.45, 2.75) is 51.4 Å². The fourth-order valence-corrected chi connectivity index (χ4v) is 2.52. The first kappa shape index (κ1) is 11.7. The van der Waals surface area contributed by atoms with E-state index in [0.29, 0.717) is 0 Å². The summed E-state index contributed by atoms with van der Waals surface area (Å²) in [6.07, 6.45) is 10.2. The predicted octanol–water partition coefficient (Wildman–Crippen LogP) is 2.78. The largest absolute Gasteiger partial charge is 0.338 e. The highest BCUT2D eigenvalue weighted by atomic mass is 16.2. The Morgan fingerprint density at radius 1 is 1.12 bits per heavy atom. The van der Waals surface area contributed by atoms with Crippen molar-refractivity contribution in [1.29, 1.82) is 0 Å². The van der Waals surface area contributed by atoms with Crippen LogP contribution in [0.2, 0.25) is 0 Å². The van der Waals surface area contributed by atoms with E-state index in [2.05, 4.69) is 5.32 Å². The third-order valence-corrected chi connectivity index (χ3v) is 3.87. The molecule has 3 heteroatoms. The van der Waals surface area contributed by atoms with E-state index >= 15 is 0 Å². The second-order valence-electron chi connectivity index (χ2n) is 5.15. The highest BCUT2D eigenvalue weighted by Crippen LogP contribution is 2.30. The summed E-state index contributed by atoms with van der Waals surface area (Å²) in [5.41, 5.74) is 0. The molecule has 91 valence electrons. The molecule has 0 aromatic rings. The van der Waals surface area contributed by atoms with Crippen LogP contribution in [-0.4, -0.2) is 30.6 Å². The molecule has 3 nitrogen and oxygen atoms in total. The van der Waals surface area contributed by atoms with Gasteiger partial charge in [0.1, 0.15) is 0 Å². The fraction of sp³-hybridized carbons (Fsp3) is 0.923. The lowest BCUT2D eigenvalue weighted by atomic mass is 9.82. The normalized spacial score (nSPS) is 21.6. The minimum atomic E-state index is 0.0355. The highest BCUT2D eigenvalue weighted by molar-refractivity contribution is 5.73. The van der Waals surface area contributed by atoms with Crippen LogP contribution in [0.25, 0.3) is 0 Å². The fourth-order valence-electron chi connectivity index (χ4n) is 2.52. The molecule has 2 fully saturated rings. The van der Waals surface area contributed by atoms with Gasteiger partial charge < -0.3 is 4.90 Å². The molecule has 1 radical (unpaired) electrons. The number of carbonyl (C=O) groups is 1. The number of likely N-dealkylation sites (tertiary alicyclic amines) is 1. The van der Waals surface area contributed by atoms with Crippen LogP contribution < -0.4 is 5.32 Å². The van der Waals surface area contributed by atoms with Gasteiger partial charge in [-0.2, -0.15) is 0 Å². The van der Waals surface area contributed by atoms with E-state index in [1.807, 2.05) is 4.90 Å². The van der Waals surface area contributed by atoms with Gasteiger partial charge >= 0.3 is 6.03 Å². The molecule has 2 amide bonds. The number of hydrogen-bond donors (Lipinski definition) is 0. The van der Waals surface area contributed by atoms with Gasteiger partial charge in [0.25, 0.3) is 0 Å². The Hall–Kier alpha value is -0.730. The van der Waals surface area contributed by atoms with E-state index in [1.165, 1.54) is 32.1 Å². The number of carbonyl (C=O) groups excluding carboxylic acids is 1. The maximum Gasteiger partial charge on any atom is 0.338 e. The van der Waals surface area contributed by atoms with Crippen LogP contribution in [-0.2, 0) is 0 Å². The van der Waals surface area contributed by atoms with Crippen LogP contribution in [0, 0.1) is 5.92 Å². The minimum absolute atomic E-state index is 0.0355. The quantitative estimate of drug-likeness (QED) is 0.675. The van der Waals surface area contributed by atoms with Crippen molar-refractivity contribution in [3.05, 3.63) is 0 Å². The van der Waals surface area contributed by atoms with Gasteiger partial charge in [-0.25, -0.2) is 10.1 Å². The Kier molecular flexibility index (Phi) is 4.49. The van der Waals surface area contributed by atoms with Crippen molar-refractivity contribution in [2.75, 3.05) is 19.6 Å². The van der Waals surface area contributed by atoms with Crippen LogP contribution in [0.3, 0.4) is 0 Å². The Balaban J connectivity index is 1.52. The van der Waals surface area contributed by atoms with Crippen LogP contribution in [0.4, 0.5) is 4.79 Å². The Labute approximate surface area is 98.6 Å². The van der Waals surface area contributed by atoms with E-state index in [1.54, 1.807) is 0 Å². The summed E-state index contributed by atoms with van der Waals surface area (Å²) in [5, 5.41) is 4.17. The van der Waals surface area contributed by atoms with E-state index in [4.69, 9.17) is 0 Å². The number of piperidine rings is 1. The van der Waals surface area contributed by atoms with Crippen LogP contribution >= 0.6 is 0 Å². The van der Waals surface area contributed by atoms with Crippen molar-refractivity contribution < 1.29 is 4.79 Å². The van der Waals surface area contributed by atoms with Crippen molar-refractivity contribution in [3.8, 4) is 0 Å². The smallest absolute Gasteiger partial charge is 0.323 e. The number of hydrogen-bond acceptors (Lipinski definition) is 1. The maximum atomic E-state index is 11.7. The molecule has 1 aliphatic carbocycles. The zero-order valence-electron chi connectivity index (χ0n) is 10.2. The molecule has 1 aliphatic heterocycles. The van der Waals surface area contributed by atoms with Crippen LogP contribution in [0.15, 0.2) is 0 Å². The van der Waals surface area contributed by atoms with Gasteiger partial charge in [0.15, 0.2) is 0 Å². The van der Waals surface area contributed by atoms with Gasteiger partial charge in [-0.1, -0.05) is 19.3 Å². The summed E-state index contributed by atoms with van der Waals surface area (Å²) in [6, 6.07) is 0.0355. The van der Waals surface area contributed by atoms with Gasteiger partial charge in [-0.15, -0.1) is 0 Å². The molecule has 0 aromatic carbocycles. The number of nitrogens with zero attached hydrogens (tertiary/aromatic N) is 2. The summed E-state index contributed by atoms with van der Waals surface area (Å²) in [6.45, 7) is 2.59. The standard InChI is InChI=1S/C13H23N2O/c16-13(15-10-2-1-3-11-15)14-9-5-8-12-6-4-7-12/h12H,1-11H2. The third-order valence-electron chi connectivity index (χ3n) is 3.87. The zero-order chi connectivity index (χ0) is 11.2. The molecule has 0 aromatic heterocycles. The first-order valence-electron chi connectivity index (χ1n) is 6.82. The second kappa shape index (κ2) is 6.12. The van der Waals surface area contributed by atoms with Crippen molar-refractivity contribution >= 4 is 6.03 Å². The van der Waals surface area contributed by atoms with Gasteiger partial charge in [-0.05, 0) is 38.0 Å². The van der Waals surface area contributed by atoms with E-state index < -0.39 is 0 Å². The van der Waals surface area contributed by atoms with E-state index in [9.17, 15) is 4.79 Å². The topological polar surface area (TPSA) is 34.4 Å². The second-order valence-corrected chi connectivity index (χ2v) is 5.15. The zero-order valence-corrected chi connectivity index (χ0v) is 10.2. The predicted molar refractivity (Wildman–Crippen MR) is 64.4 cm³/mol. The summed E-state index contributed by atoms with van der Waals surface area (Å²) in [4.78, 5) is 13.6. The molecule has 16 heavy (non-hydrogen) atoms. The monoisotopic (exact) mass is 223 g/mol. The first-order valence-corrected chi connectivity index (χ1v) is 6.82. The third kappa shape index (κ3) is 3.39. The van der Waals surface area contributed by atoms with Crippen LogP contribution in [0.5, 0.6) is 0 Å². The summed E-state index contributed by atoms with van der Waals surface area (Å²) in [5.74, 6) is 0.945. The minimum Gasteiger partial charge on any atom is -0.323 e. The number of rotatable bonds is 4. The Morgan fingerprint density at radius 3 is 2.50 bits per heavy atom. The van der Waals surface area contributed by atoms with Gasteiger partial charge in [0.05, 0.1) is 0 Å². The van der Waals surface area contributed by atoms with Crippen molar-refractivity contribution in [2.24, 2.45) is 5.92 Å². The lowest BCUT2D eigenvalue weighted by molar-refractivity contribution is 0.184. The molecule has 0 bridgehead atoms. The molecule has 1 saturated heterocycles. The van der Waals surface area contributed by atoms with Gasteiger partial charge in [-0.3, -0.25) is 0 Å². The molecule has 1 saturated carbocycles. The van der Waals surface area contributed by atoms with Crippen molar-refractivity contribution in [3.63, 3.8) is 0 Å². The van der Waals surface area contributed by atoms with E-state index in [-0.39, 0.29) is 6.03 Å². The molecule has 0 N–H and O–H groups in total. The average molecular weight is 223 g/mol. The molecule has 1 heterocycles. The molecular formula is C13H23N2O. The highest BCUT2D eigenvalue weighted by Gasteiger charge is 2.18. The lowest BCUT2D eigenvalue weighted by Gasteiger charge is -2.27. The molecule has 0 spiro atoms. The maximum absolute atomic E-state index is 11.7. The molecule has 2 rings (SSSR count). The number of urea groups is 1. The van der Waals surface area contributed by atoms with Gasteiger partial charge in [0, 0.05) is 19.6 Å². The first-order chi connectivity index (χ1) is 7.86. The SMILES string of the molecule is O=C([N]CCCC1CCC1)N1CCCCC1. The number of amides is 2. The molecule has 0 atom stereocenters. The summed E-state index contributed by atoms with van der Waals surface area (Å²) >= 11 is 0. The molecule has 0 unspecified atom stereocenters. The molecule has 2 aliphatic rings. The Bertz CT molecular complexity index is 220. The summed E-state index contributed by atoms with van der Waals surface area (Å²) < 4.78 is 0. The average Bonchev–Trinajstić information content (AvgIpc) is 2.27. The summed E-state index contributed by atoms with van der Waals surface area (Å²) in [7, 11) is 0. The van der Waals surface area contributed by atoms with Gasteiger partial charge in [0.2, 0.25) is 0 Å². The van der Waals surface area contributed by atoms with Crippen LogP contribution in [0.1, 0.15) is 51.4 Å².